The maximum absolute atomic E-state index is 5.85. The number of aryl methyl sites for hydroxylation is 2. The number of nitrogens with one attached hydrogen (secondary N) is 2. The van der Waals surface area contributed by atoms with E-state index in [1.165, 1.54) is 11.3 Å². The summed E-state index contributed by atoms with van der Waals surface area (Å²) in [7, 11) is 8.04. The molecule has 4 aromatic rings. The van der Waals surface area contributed by atoms with Gasteiger partial charge in [0.05, 0.1) is 29.7 Å². The molecule has 0 radical (unpaired) electrons. The summed E-state index contributed by atoms with van der Waals surface area (Å²) < 4.78 is 7.92. The van der Waals surface area contributed by atoms with Gasteiger partial charge in [-0.1, -0.05) is 18.9 Å². The number of rotatable bonds is 10. The molecule has 41 heavy (non-hydrogen) atoms. The predicted molar refractivity (Wildman–Crippen MR) is 171 cm³/mol. The summed E-state index contributed by atoms with van der Waals surface area (Å²) in [5.74, 6) is 1.96. The molecule has 0 bridgehead atoms. The van der Waals surface area contributed by atoms with E-state index in [9.17, 15) is 0 Å². The third kappa shape index (κ3) is 5.96. The summed E-state index contributed by atoms with van der Waals surface area (Å²) in [4.78, 5) is 23.3. The van der Waals surface area contributed by atoms with Crippen LogP contribution in [0.4, 0.5) is 34.5 Å². The zero-order valence-corrected chi connectivity index (χ0v) is 25.7. The Bertz CT molecular complexity index is 1530. The Kier molecular flexibility index (Phi) is 8.65. The van der Waals surface area contributed by atoms with Crippen molar-refractivity contribution in [2.24, 2.45) is 0 Å². The van der Waals surface area contributed by atoms with E-state index in [-0.39, 0.29) is 0 Å². The molecule has 1 saturated heterocycles. The summed E-state index contributed by atoms with van der Waals surface area (Å²) in [6, 6.07) is 8.86. The smallest absolute Gasteiger partial charge is 0.229 e. The molecule has 2 N–H and O–H groups in total. The summed E-state index contributed by atoms with van der Waals surface area (Å²) in [6.07, 6.45) is 9.35. The maximum Gasteiger partial charge on any atom is 0.229 e. The molecule has 0 spiro atoms. The topological polar surface area (TPSA) is 94.6 Å². The van der Waals surface area contributed by atoms with E-state index in [2.05, 4.69) is 72.8 Å². The number of likely N-dealkylation sites (N-methyl/N-ethyl adjacent to an activating group) is 1. The van der Waals surface area contributed by atoms with Crippen LogP contribution in [0, 0.1) is 6.92 Å². The van der Waals surface area contributed by atoms with Crippen LogP contribution < -0.4 is 24.6 Å². The van der Waals surface area contributed by atoms with Gasteiger partial charge in [0.15, 0.2) is 0 Å². The van der Waals surface area contributed by atoms with Gasteiger partial charge in [0.25, 0.3) is 0 Å². The summed E-state index contributed by atoms with van der Waals surface area (Å²) in [6.45, 7) is 6.23. The van der Waals surface area contributed by atoms with Crippen molar-refractivity contribution in [1.82, 2.24) is 24.8 Å². The van der Waals surface area contributed by atoms with Crippen LogP contribution in [0.1, 0.15) is 24.5 Å². The molecule has 216 valence electrons. The molecule has 3 heterocycles. The Morgan fingerprint density at radius 1 is 1.07 bits per heavy atom. The van der Waals surface area contributed by atoms with Crippen LogP contribution in [0.2, 0.25) is 0 Å². The number of benzene rings is 2. The number of nitrogens with zero attached hydrogens (tertiary/aromatic N) is 7. The Hall–Kier alpha value is -3.83. The molecule has 1 aliphatic rings. The fourth-order valence-corrected chi connectivity index (χ4v) is 5.62. The average Bonchev–Trinajstić information content (AvgIpc) is 3.49. The molecule has 1 aliphatic heterocycles. The van der Waals surface area contributed by atoms with E-state index in [1.807, 2.05) is 38.6 Å². The van der Waals surface area contributed by atoms with Crippen molar-refractivity contribution in [3.05, 3.63) is 54.0 Å². The second-order valence-electron chi connectivity index (χ2n) is 10.4. The molecule has 1 fully saturated rings. The van der Waals surface area contributed by atoms with Gasteiger partial charge < -0.3 is 29.5 Å². The quantitative estimate of drug-likeness (QED) is 0.231. The number of hydrogen-bond acceptors (Lipinski definition) is 11. The van der Waals surface area contributed by atoms with Crippen LogP contribution in [0.15, 0.2) is 42.9 Å². The van der Waals surface area contributed by atoms with Gasteiger partial charge in [-0.15, -0.1) is 0 Å². The molecule has 5 rings (SSSR count). The van der Waals surface area contributed by atoms with E-state index in [0.29, 0.717) is 17.8 Å². The van der Waals surface area contributed by atoms with E-state index in [0.717, 1.165) is 65.3 Å². The van der Waals surface area contributed by atoms with Gasteiger partial charge in [0, 0.05) is 68.3 Å². The maximum atomic E-state index is 5.85. The van der Waals surface area contributed by atoms with Crippen LogP contribution in [0.3, 0.4) is 0 Å². The lowest BCUT2D eigenvalue weighted by molar-refractivity contribution is 0.315. The first-order valence-electron chi connectivity index (χ1n) is 13.8. The van der Waals surface area contributed by atoms with E-state index < -0.39 is 0 Å². The summed E-state index contributed by atoms with van der Waals surface area (Å²) in [5, 5.41) is 6.95. The van der Waals surface area contributed by atoms with Crippen molar-refractivity contribution in [3.63, 3.8) is 0 Å². The largest absolute Gasteiger partial charge is 0.494 e. The molecule has 2 aromatic heterocycles. The van der Waals surface area contributed by atoms with Gasteiger partial charge in [0.1, 0.15) is 17.1 Å². The number of anilines is 6. The normalized spacial score (nSPS) is 15.0. The highest BCUT2D eigenvalue weighted by atomic mass is 32.2. The zero-order chi connectivity index (χ0) is 29.1. The second-order valence-corrected chi connectivity index (χ2v) is 11.3. The lowest BCUT2D eigenvalue weighted by Crippen LogP contribution is -2.31. The average molecular weight is 574 g/mol. The fraction of sp³-hybridized carbons (Fsp3) is 0.400. The van der Waals surface area contributed by atoms with Crippen molar-refractivity contribution >= 4 is 57.5 Å². The summed E-state index contributed by atoms with van der Waals surface area (Å²) >= 11 is 1.61. The first-order chi connectivity index (χ1) is 19.8. The van der Waals surface area contributed by atoms with Crippen LogP contribution in [-0.4, -0.2) is 78.5 Å². The Balaban J connectivity index is 1.45. The standard InChI is InChI=1S/C30H39N9OS/c1-8-20-15-24(26(40-6)16-25(20)39-14-11-21(18-39)37(3)4)35-30-33-17-19(2)29(36-30)34-23-10-9-22-27(32-13-12-31-22)28(23)38(5)41-7/h9-10,12-13,15-17,21H,8,11,14,18H2,1-7H3,(H2,33,34,35,36). The van der Waals surface area contributed by atoms with Crippen LogP contribution in [-0.2, 0) is 6.42 Å². The third-order valence-electron chi connectivity index (χ3n) is 7.69. The minimum atomic E-state index is 0.486. The van der Waals surface area contributed by atoms with Crippen molar-refractivity contribution in [2.45, 2.75) is 32.7 Å². The molecule has 1 unspecified atom stereocenters. The zero-order valence-electron chi connectivity index (χ0n) is 24.9. The highest BCUT2D eigenvalue weighted by Crippen LogP contribution is 2.39. The lowest BCUT2D eigenvalue weighted by Gasteiger charge is -2.25. The Morgan fingerprint density at radius 3 is 2.59 bits per heavy atom. The van der Waals surface area contributed by atoms with Gasteiger partial charge in [0.2, 0.25) is 5.95 Å². The molecular formula is C30H39N9OS. The van der Waals surface area contributed by atoms with Crippen LogP contribution in [0.5, 0.6) is 5.75 Å². The van der Waals surface area contributed by atoms with Crippen molar-refractivity contribution < 1.29 is 4.74 Å². The van der Waals surface area contributed by atoms with Crippen LogP contribution in [0.25, 0.3) is 11.0 Å². The Morgan fingerprint density at radius 2 is 1.88 bits per heavy atom. The van der Waals surface area contributed by atoms with Gasteiger partial charge in [-0.2, -0.15) is 4.98 Å². The second kappa shape index (κ2) is 12.4. The van der Waals surface area contributed by atoms with Gasteiger partial charge >= 0.3 is 0 Å². The van der Waals surface area contributed by atoms with E-state index in [4.69, 9.17) is 9.72 Å². The van der Waals surface area contributed by atoms with E-state index >= 15 is 0 Å². The monoisotopic (exact) mass is 573 g/mol. The van der Waals surface area contributed by atoms with Crippen molar-refractivity contribution in [2.75, 3.05) is 67.4 Å². The number of ether oxygens (including phenoxy) is 1. The van der Waals surface area contributed by atoms with Gasteiger partial charge in [-0.3, -0.25) is 9.97 Å². The van der Waals surface area contributed by atoms with Gasteiger partial charge in [-0.05, 0) is 57.6 Å². The minimum absolute atomic E-state index is 0.486. The van der Waals surface area contributed by atoms with Crippen molar-refractivity contribution in [1.29, 1.82) is 0 Å². The Labute approximate surface area is 246 Å². The SMILES string of the molecule is CCc1cc(Nc2ncc(C)c(Nc3ccc4nccnc4c3N(C)SC)n2)c(OC)cc1N1CCC(N(C)C)C1. The molecule has 1 atom stereocenters. The molecule has 11 heteroatoms. The minimum Gasteiger partial charge on any atom is -0.494 e. The number of fused-ring (bicyclic) bond motifs is 1. The van der Waals surface area contributed by atoms with E-state index in [1.54, 1.807) is 31.5 Å². The van der Waals surface area contributed by atoms with Gasteiger partial charge in [-0.25, -0.2) is 4.98 Å². The highest BCUT2D eigenvalue weighted by Gasteiger charge is 2.26. The molecule has 2 aromatic carbocycles. The van der Waals surface area contributed by atoms with Crippen molar-refractivity contribution in [3.8, 4) is 5.75 Å². The fourth-order valence-electron chi connectivity index (χ4n) is 5.25. The van der Waals surface area contributed by atoms with Crippen LogP contribution >= 0.6 is 11.9 Å². The predicted octanol–water partition coefficient (Wildman–Crippen LogP) is 5.64. The summed E-state index contributed by atoms with van der Waals surface area (Å²) in [5.41, 5.74) is 7.76. The molecule has 0 saturated carbocycles. The number of aromatic nitrogens is 4. The first-order valence-corrected chi connectivity index (χ1v) is 15.0. The number of hydrogen-bond donors (Lipinski definition) is 2. The first kappa shape index (κ1) is 28.7. The molecule has 0 amide bonds. The molecular weight excluding hydrogens is 534 g/mol. The highest BCUT2D eigenvalue weighted by molar-refractivity contribution is 7.99. The molecule has 10 nitrogen and oxygen atoms in total. The third-order valence-corrected chi connectivity index (χ3v) is 8.42. The molecule has 0 aliphatic carbocycles. The number of methoxy groups -OCH3 is 1. The lowest BCUT2D eigenvalue weighted by atomic mass is 10.1.